The number of fused-ring (bicyclic) bond motifs is 2. The Morgan fingerprint density at radius 1 is 1.25 bits per heavy atom. The number of hydrogen-bond acceptors (Lipinski definition) is 5. The molecule has 5 nitrogen and oxygen atoms in total. The van der Waals surface area contributed by atoms with Crippen molar-refractivity contribution in [3.8, 4) is 0 Å². The summed E-state index contributed by atoms with van der Waals surface area (Å²) in [6, 6.07) is 3.17. The summed E-state index contributed by atoms with van der Waals surface area (Å²) in [4.78, 5) is 27.9. The van der Waals surface area contributed by atoms with Crippen LogP contribution < -0.4 is 0 Å². The molecular weight excluding hydrogens is 208 g/mol. The van der Waals surface area contributed by atoms with Crippen molar-refractivity contribution in [3.05, 3.63) is 46.6 Å². The molecule has 1 aliphatic rings. The number of ketones is 2. The molecule has 78 valence electrons. The largest absolute Gasteiger partial charge is 0.352 e. The van der Waals surface area contributed by atoms with Gasteiger partial charge in [-0.05, 0) is 19.1 Å². The first-order chi connectivity index (χ1) is 7.70. The van der Waals surface area contributed by atoms with Gasteiger partial charge in [-0.3, -0.25) is 14.6 Å². The molecule has 0 N–H and O–H groups in total. The van der Waals surface area contributed by atoms with Gasteiger partial charge >= 0.3 is 0 Å². The summed E-state index contributed by atoms with van der Waals surface area (Å²) >= 11 is 0. The molecule has 2 heterocycles. The van der Waals surface area contributed by atoms with Crippen molar-refractivity contribution in [2.24, 2.45) is 0 Å². The predicted octanol–water partition coefficient (Wildman–Crippen LogP) is 1.15. The van der Waals surface area contributed by atoms with E-state index in [4.69, 9.17) is 4.52 Å². The first-order valence-corrected chi connectivity index (χ1v) is 4.71. The van der Waals surface area contributed by atoms with Crippen molar-refractivity contribution in [1.29, 1.82) is 0 Å². The third-order valence-electron chi connectivity index (χ3n) is 2.56. The maximum atomic E-state index is 12.0. The molecule has 0 atom stereocenters. The Labute approximate surface area is 90.1 Å². The van der Waals surface area contributed by atoms with Gasteiger partial charge in [0.1, 0.15) is 5.69 Å². The lowest BCUT2D eigenvalue weighted by molar-refractivity contribution is 0.0951. The smallest absolute Gasteiger partial charge is 0.234 e. The molecule has 0 aromatic carbocycles. The molecule has 1 aliphatic carbocycles. The molecule has 0 saturated heterocycles. The Kier molecular flexibility index (Phi) is 1.60. The zero-order valence-electron chi connectivity index (χ0n) is 8.35. The molecule has 3 rings (SSSR count). The van der Waals surface area contributed by atoms with Gasteiger partial charge in [0.2, 0.25) is 17.3 Å². The minimum atomic E-state index is -0.335. The quantitative estimate of drug-likeness (QED) is 0.561. The number of carbonyl (C=O) groups excluding carboxylic acids is 2. The minimum absolute atomic E-state index is 0.0167. The van der Waals surface area contributed by atoms with Crippen LogP contribution in [0.1, 0.15) is 37.9 Å². The summed E-state index contributed by atoms with van der Waals surface area (Å²) in [6.07, 6.45) is 1.48. The van der Waals surface area contributed by atoms with Gasteiger partial charge in [0.15, 0.2) is 0 Å². The van der Waals surface area contributed by atoms with E-state index < -0.39 is 0 Å². The van der Waals surface area contributed by atoms with Crippen molar-refractivity contribution in [3.63, 3.8) is 0 Å². The van der Waals surface area contributed by atoms with E-state index in [0.29, 0.717) is 5.69 Å². The Bertz CT molecular complexity index is 628. The molecule has 5 heteroatoms. The summed E-state index contributed by atoms with van der Waals surface area (Å²) in [7, 11) is 0. The van der Waals surface area contributed by atoms with Crippen LogP contribution in [-0.4, -0.2) is 21.7 Å². The molecule has 0 aliphatic heterocycles. The average Bonchev–Trinajstić information content (AvgIpc) is 2.69. The highest BCUT2D eigenvalue weighted by Crippen LogP contribution is 2.27. The van der Waals surface area contributed by atoms with Crippen LogP contribution in [0.25, 0.3) is 0 Å². The highest BCUT2D eigenvalue weighted by Gasteiger charge is 2.36. The fourth-order valence-corrected chi connectivity index (χ4v) is 1.80. The van der Waals surface area contributed by atoms with E-state index in [1.807, 2.05) is 0 Å². The zero-order valence-corrected chi connectivity index (χ0v) is 8.35. The van der Waals surface area contributed by atoms with E-state index >= 15 is 0 Å². The van der Waals surface area contributed by atoms with Crippen molar-refractivity contribution < 1.29 is 14.1 Å². The summed E-state index contributed by atoms with van der Waals surface area (Å²) in [5.41, 5.74) is 1.10. The van der Waals surface area contributed by atoms with Crippen LogP contribution in [-0.2, 0) is 0 Å². The molecule has 0 radical (unpaired) electrons. The van der Waals surface area contributed by atoms with Crippen LogP contribution in [0.3, 0.4) is 0 Å². The second-order valence-electron chi connectivity index (χ2n) is 3.53. The molecule has 2 aromatic heterocycles. The fourth-order valence-electron chi connectivity index (χ4n) is 1.80. The monoisotopic (exact) mass is 214 g/mol. The lowest BCUT2D eigenvalue weighted by Gasteiger charge is -2.10. The standard InChI is InChI=1S/C11H6N2O3/c1-5-7-10(15)8-6(3-2-4-12-8)9(14)11(7)16-13-5/h2-4H,1H3. The molecule has 2 aromatic rings. The van der Waals surface area contributed by atoms with Gasteiger partial charge in [0.25, 0.3) is 0 Å². The minimum Gasteiger partial charge on any atom is -0.352 e. The van der Waals surface area contributed by atoms with Gasteiger partial charge in [-0.25, -0.2) is 0 Å². The summed E-state index contributed by atoms with van der Waals surface area (Å²) in [5.74, 6) is -0.620. The number of nitrogens with zero attached hydrogens (tertiary/aromatic N) is 2. The first-order valence-electron chi connectivity index (χ1n) is 4.71. The number of pyridine rings is 1. The van der Waals surface area contributed by atoms with Crippen LogP contribution in [0.2, 0.25) is 0 Å². The second kappa shape index (κ2) is 2.85. The number of hydrogen-bond donors (Lipinski definition) is 0. The maximum Gasteiger partial charge on any atom is 0.234 e. The number of aryl methyl sites for hydroxylation is 1. The van der Waals surface area contributed by atoms with E-state index in [1.165, 1.54) is 6.20 Å². The normalized spacial score (nSPS) is 13.6. The maximum absolute atomic E-state index is 12.0. The third-order valence-corrected chi connectivity index (χ3v) is 2.56. The van der Waals surface area contributed by atoms with Gasteiger partial charge in [0, 0.05) is 6.20 Å². The van der Waals surface area contributed by atoms with E-state index in [1.54, 1.807) is 19.1 Å². The molecule has 16 heavy (non-hydrogen) atoms. The predicted molar refractivity (Wildman–Crippen MR) is 52.3 cm³/mol. The van der Waals surface area contributed by atoms with Crippen molar-refractivity contribution >= 4 is 11.6 Å². The van der Waals surface area contributed by atoms with Gasteiger partial charge in [-0.2, -0.15) is 0 Å². The number of aromatic nitrogens is 2. The SMILES string of the molecule is Cc1noc2c1C(=O)c1ncccc1C2=O. The van der Waals surface area contributed by atoms with Gasteiger partial charge in [-0.15, -0.1) is 0 Å². The van der Waals surface area contributed by atoms with Gasteiger partial charge < -0.3 is 4.52 Å². The highest BCUT2D eigenvalue weighted by molar-refractivity contribution is 6.26. The van der Waals surface area contributed by atoms with E-state index in [-0.39, 0.29) is 34.1 Å². The summed E-state index contributed by atoms with van der Waals surface area (Å²) in [5, 5.41) is 3.64. The van der Waals surface area contributed by atoms with Crippen LogP contribution in [0.5, 0.6) is 0 Å². The number of carbonyl (C=O) groups is 2. The third kappa shape index (κ3) is 0.942. The lowest BCUT2D eigenvalue weighted by atomic mass is 9.91. The molecule has 0 amide bonds. The van der Waals surface area contributed by atoms with E-state index in [9.17, 15) is 9.59 Å². The fraction of sp³-hybridized carbons (Fsp3) is 0.0909. The highest BCUT2D eigenvalue weighted by atomic mass is 16.5. The van der Waals surface area contributed by atoms with Crippen LogP contribution in [0.15, 0.2) is 22.9 Å². The van der Waals surface area contributed by atoms with Gasteiger partial charge in [-0.1, -0.05) is 5.16 Å². The molecule has 0 saturated carbocycles. The Balaban J connectivity index is 2.36. The zero-order chi connectivity index (χ0) is 11.3. The topological polar surface area (TPSA) is 73.1 Å². The lowest BCUT2D eigenvalue weighted by Crippen LogP contribution is -2.21. The van der Waals surface area contributed by atoms with Crippen LogP contribution in [0, 0.1) is 6.92 Å². The average molecular weight is 214 g/mol. The van der Waals surface area contributed by atoms with E-state index in [0.717, 1.165) is 0 Å². The summed E-state index contributed by atoms with van der Waals surface area (Å²) < 4.78 is 4.88. The molecule has 0 spiro atoms. The van der Waals surface area contributed by atoms with Crippen molar-refractivity contribution in [2.45, 2.75) is 6.92 Å². The molecule has 0 fully saturated rings. The molecular formula is C11H6N2O3. The second-order valence-corrected chi connectivity index (χ2v) is 3.53. The Morgan fingerprint density at radius 2 is 2.06 bits per heavy atom. The molecule has 0 bridgehead atoms. The Hall–Kier alpha value is -2.30. The van der Waals surface area contributed by atoms with Crippen LogP contribution in [0.4, 0.5) is 0 Å². The number of rotatable bonds is 0. The van der Waals surface area contributed by atoms with Crippen molar-refractivity contribution in [2.75, 3.05) is 0 Å². The van der Waals surface area contributed by atoms with Crippen LogP contribution >= 0.6 is 0 Å². The van der Waals surface area contributed by atoms with E-state index in [2.05, 4.69) is 10.1 Å². The van der Waals surface area contributed by atoms with Crippen molar-refractivity contribution in [1.82, 2.24) is 10.1 Å². The summed E-state index contributed by atoms with van der Waals surface area (Å²) in [6.45, 7) is 1.63. The first kappa shape index (κ1) is 8.96. The van der Waals surface area contributed by atoms with Gasteiger partial charge in [0.05, 0.1) is 16.8 Å². The molecule has 0 unspecified atom stereocenters. The Morgan fingerprint density at radius 3 is 2.88 bits per heavy atom.